The van der Waals surface area contributed by atoms with Crippen LogP contribution in [-0.2, 0) is 0 Å². The Labute approximate surface area is 74.9 Å². The Morgan fingerprint density at radius 2 is 2.10 bits per heavy atom. The first kappa shape index (κ1) is 9.10. The SMILES string of the molecule is CCCC[Si]1(Cl)C[Si](Cl)C1. The van der Waals surface area contributed by atoms with Gasteiger partial charge in [-0.05, 0) is 17.4 Å². The maximum atomic E-state index is 6.36. The first-order valence-corrected chi connectivity index (χ1v) is 10.4. The average molecular weight is 212 g/mol. The van der Waals surface area contributed by atoms with E-state index in [0.717, 1.165) is 0 Å². The molecule has 1 radical (unpaired) electrons. The van der Waals surface area contributed by atoms with E-state index in [0.29, 0.717) is 0 Å². The number of rotatable bonds is 3. The first-order chi connectivity index (χ1) is 4.66. The van der Waals surface area contributed by atoms with Gasteiger partial charge in [-0.25, -0.2) is 0 Å². The van der Waals surface area contributed by atoms with E-state index in [1.54, 1.807) is 0 Å². The highest BCUT2D eigenvalue weighted by atomic mass is 35.6. The number of halogens is 2. The second kappa shape index (κ2) is 3.61. The monoisotopic (exact) mass is 211 g/mol. The van der Waals surface area contributed by atoms with Gasteiger partial charge in [0.15, 0.2) is 15.5 Å². The van der Waals surface area contributed by atoms with Crippen LogP contribution in [0.15, 0.2) is 0 Å². The molecule has 0 aromatic carbocycles. The van der Waals surface area contributed by atoms with Gasteiger partial charge >= 0.3 is 0 Å². The second-order valence-corrected chi connectivity index (χ2v) is 13.8. The molecule has 1 aliphatic rings. The van der Waals surface area contributed by atoms with Gasteiger partial charge in [-0.15, -0.1) is 0 Å². The molecular formula is C6H13Cl2Si2. The van der Waals surface area contributed by atoms with Gasteiger partial charge < -0.3 is 0 Å². The minimum Gasteiger partial charge on any atom is -0.170 e. The topological polar surface area (TPSA) is 0 Å². The van der Waals surface area contributed by atoms with Crippen LogP contribution in [-0.4, -0.2) is 15.5 Å². The van der Waals surface area contributed by atoms with Gasteiger partial charge in [0, 0.05) is 0 Å². The van der Waals surface area contributed by atoms with Crippen molar-refractivity contribution in [3.63, 3.8) is 0 Å². The number of hydrogen-bond donors (Lipinski definition) is 0. The van der Waals surface area contributed by atoms with Crippen molar-refractivity contribution >= 4 is 37.6 Å². The Hall–Kier alpha value is 1.01. The summed E-state index contributed by atoms with van der Waals surface area (Å²) in [5, 5.41) is 0. The molecule has 1 rings (SSSR count). The molecule has 0 atom stereocenters. The van der Waals surface area contributed by atoms with Crippen LogP contribution in [0, 0.1) is 0 Å². The Kier molecular flexibility index (Phi) is 3.29. The van der Waals surface area contributed by atoms with Gasteiger partial charge in [0.25, 0.3) is 0 Å². The minimum atomic E-state index is -1.20. The van der Waals surface area contributed by atoms with Crippen LogP contribution in [0.4, 0.5) is 0 Å². The number of unbranched alkanes of at least 4 members (excludes halogenated alkanes) is 1. The van der Waals surface area contributed by atoms with Crippen molar-refractivity contribution in [2.24, 2.45) is 0 Å². The molecule has 0 bridgehead atoms. The number of hydrogen-bond acceptors (Lipinski definition) is 0. The molecule has 1 heterocycles. The quantitative estimate of drug-likeness (QED) is 0.497. The molecule has 0 aromatic heterocycles. The Bertz CT molecular complexity index is 112. The highest BCUT2D eigenvalue weighted by molar-refractivity contribution is 7.39. The predicted molar refractivity (Wildman–Crippen MR) is 52.5 cm³/mol. The normalized spacial score (nSPS) is 24.3. The highest BCUT2D eigenvalue weighted by Gasteiger charge is 2.45. The van der Waals surface area contributed by atoms with Crippen molar-refractivity contribution in [1.82, 2.24) is 0 Å². The maximum Gasteiger partial charge on any atom is 0.162 e. The van der Waals surface area contributed by atoms with Gasteiger partial charge in [-0.1, -0.05) is 19.8 Å². The Morgan fingerprint density at radius 1 is 1.50 bits per heavy atom. The van der Waals surface area contributed by atoms with Gasteiger partial charge in [-0.3, -0.25) is 0 Å². The molecule has 0 aromatic rings. The summed E-state index contributed by atoms with van der Waals surface area (Å²) in [5.41, 5.74) is 2.50. The highest BCUT2D eigenvalue weighted by Crippen LogP contribution is 2.40. The summed E-state index contributed by atoms with van der Waals surface area (Å²) in [5.74, 6) is 0. The molecule has 1 saturated heterocycles. The van der Waals surface area contributed by atoms with Crippen molar-refractivity contribution in [2.45, 2.75) is 37.1 Å². The van der Waals surface area contributed by atoms with Crippen LogP contribution >= 0.6 is 22.2 Å². The average Bonchev–Trinajstić information content (AvgIpc) is 1.81. The van der Waals surface area contributed by atoms with Gasteiger partial charge in [-0.2, -0.15) is 22.2 Å². The standard InChI is InChI=1S/C6H13Cl2Si2/c1-2-3-4-10(8)5-9(7)6-10/h2-6H2,1H3. The van der Waals surface area contributed by atoms with Crippen molar-refractivity contribution in [3.05, 3.63) is 0 Å². The van der Waals surface area contributed by atoms with Gasteiger partial charge in [0.05, 0.1) is 0 Å². The third kappa shape index (κ3) is 2.26. The van der Waals surface area contributed by atoms with E-state index >= 15 is 0 Å². The summed E-state index contributed by atoms with van der Waals surface area (Å²) in [7, 11) is -1.62. The fraction of sp³-hybridized carbons (Fsp3) is 1.00. The lowest BCUT2D eigenvalue weighted by Crippen LogP contribution is -2.45. The molecule has 1 aliphatic heterocycles. The van der Waals surface area contributed by atoms with Crippen LogP contribution in [0.1, 0.15) is 19.8 Å². The predicted octanol–water partition coefficient (Wildman–Crippen LogP) is 3.29. The van der Waals surface area contributed by atoms with E-state index in [-0.39, 0.29) is 0 Å². The van der Waals surface area contributed by atoms with Crippen molar-refractivity contribution in [2.75, 3.05) is 0 Å². The Balaban J connectivity index is 2.15. The zero-order valence-corrected chi connectivity index (χ0v) is 9.80. The molecule has 0 unspecified atom stereocenters. The van der Waals surface area contributed by atoms with Crippen LogP contribution < -0.4 is 0 Å². The molecule has 0 N–H and O–H groups in total. The first-order valence-electron chi connectivity index (χ1n) is 3.85. The fourth-order valence-electron chi connectivity index (χ4n) is 1.31. The van der Waals surface area contributed by atoms with Gasteiger partial charge in [0.2, 0.25) is 0 Å². The van der Waals surface area contributed by atoms with Crippen LogP contribution in [0.2, 0.25) is 17.4 Å². The molecule has 59 valence electrons. The molecule has 0 aliphatic carbocycles. The van der Waals surface area contributed by atoms with E-state index in [1.165, 1.54) is 30.2 Å². The zero-order chi connectivity index (χ0) is 7.61. The van der Waals surface area contributed by atoms with Crippen molar-refractivity contribution < 1.29 is 0 Å². The van der Waals surface area contributed by atoms with Gasteiger partial charge in [0.1, 0.15) is 0 Å². The summed E-state index contributed by atoms with van der Waals surface area (Å²) in [6.45, 7) is 2.22. The lowest BCUT2D eigenvalue weighted by Gasteiger charge is -2.36. The van der Waals surface area contributed by atoms with E-state index in [2.05, 4.69) is 6.92 Å². The van der Waals surface area contributed by atoms with Crippen LogP contribution in [0.25, 0.3) is 0 Å². The summed E-state index contributed by atoms with van der Waals surface area (Å²) in [4.78, 5) is 0. The summed E-state index contributed by atoms with van der Waals surface area (Å²) < 4.78 is 0. The van der Waals surface area contributed by atoms with E-state index in [4.69, 9.17) is 22.2 Å². The minimum absolute atomic E-state index is 0.427. The molecule has 10 heavy (non-hydrogen) atoms. The van der Waals surface area contributed by atoms with E-state index < -0.39 is 15.5 Å². The summed E-state index contributed by atoms with van der Waals surface area (Å²) >= 11 is 12.3. The molecule has 1 fully saturated rings. The van der Waals surface area contributed by atoms with E-state index in [1.807, 2.05) is 0 Å². The fourth-order valence-corrected chi connectivity index (χ4v) is 17.9. The third-order valence-electron chi connectivity index (χ3n) is 2.00. The Morgan fingerprint density at radius 3 is 2.50 bits per heavy atom. The van der Waals surface area contributed by atoms with Crippen molar-refractivity contribution in [3.8, 4) is 0 Å². The molecule has 0 amide bonds. The maximum absolute atomic E-state index is 6.36. The smallest absolute Gasteiger partial charge is 0.162 e. The largest absolute Gasteiger partial charge is 0.170 e. The second-order valence-electron chi connectivity index (χ2n) is 3.13. The van der Waals surface area contributed by atoms with E-state index in [9.17, 15) is 0 Å². The molecular weight excluding hydrogens is 199 g/mol. The lowest BCUT2D eigenvalue weighted by molar-refractivity contribution is 0.868. The van der Waals surface area contributed by atoms with Crippen LogP contribution in [0.5, 0.6) is 0 Å². The molecule has 4 heteroatoms. The summed E-state index contributed by atoms with van der Waals surface area (Å²) in [6.07, 6.45) is 2.60. The summed E-state index contributed by atoms with van der Waals surface area (Å²) in [6, 6.07) is 1.31. The van der Waals surface area contributed by atoms with Crippen LogP contribution in [0.3, 0.4) is 0 Å². The molecule has 0 spiro atoms. The lowest BCUT2D eigenvalue weighted by atomic mass is 10.4. The molecule has 0 saturated carbocycles. The molecule has 0 nitrogen and oxygen atoms in total. The van der Waals surface area contributed by atoms with Crippen molar-refractivity contribution in [1.29, 1.82) is 0 Å². The third-order valence-corrected chi connectivity index (χ3v) is 16.8. The zero-order valence-electron chi connectivity index (χ0n) is 6.29.